The zero-order valence-electron chi connectivity index (χ0n) is 18.4. The lowest BCUT2D eigenvalue weighted by atomic mass is 9.65. The summed E-state index contributed by atoms with van der Waals surface area (Å²) in [6, 6.07) is 34.7. The maximum absolute atomic E-state index is 10.7. The highest BCUT2D eigenvalue weighted by molar-refractivity contribution is 6.74. The fraction of sp³-hybridized carbons (Fsp3) is 0. The fourth-order valence-electron chi connectivity index (χ4n) is 5.49. The van der Waals surface area contributed by atoms with Gasteiger partial charge in [-0.1, -0.05) is 77.7 Å². The van der Waals surface area contributed by atoms with Gasteiger partial charge in [-0.3, -0.25) is 0 Å². The van der Waals surface area contributed by atoms with E-state index in [4.69, 9.17) is 0 Å². The molecule has 4 heteroatoms. The molecule has 7 rings (SSSR count). The summed E-state index contributed by atoms with van der Waals surface area (Å²) < 4.78 is 1.24. The molecule has 3 nitrogen and oxygen atoms in total. The van der Waals surface area contributed by atoms with Gasteiger partial charge in [-0.15, -0.1) is 0 Å². The number of aromatic hydroxyl groups is 1. The summed E-state index contributed by atoms with van der Waals surface area (Å²) in [5, 5.41) is 23.3. The van der Waals surface area contributed by atoms with Crippen molar-refractivity contribution in [2.45, 2.75) is 0 Å². The molecule has 160 valence electrons. The molecular formula is C30H20BNO2. The number of phenols is 1. The van der Waals surface area contributed by atoms with E-state index in [2.05, 4.69) is 54.6 Å². The summed E-state index contributed by atoms with van der Waals surface area (Å²) in [7, 11) is 0.897. The Balaban J connectivity index is 1.39. The monoisotopic (exact) mass is 437 g/mol. The van der Waals surface area contributed by atoms with Crippen LogP contribution in [-0.2, 0) is 0 Å². The fourth-order valence-corrected chi connectivity index (χ4v) is 5.49. The minimum absolute atomic E-state index is 0.241. The molecule has 1 aliphatic heterocycles. The number of para-hydroxylation sites is 1. The van der Waals surface area contributed by atoms with Gasteiger partial charge < -0.3 is 10.3 Å². The van der Waals surface area contributed by atoms with Crippen LogP contribution in [0.1, 0.15) is 0 Å². The minimum atomic E-state index is 0.241. The second-order valence-electron chi connectivity index (χ2n) is 9.00. The highest BCUT2D eigenvalue weighted by Crippen LogP contribution is 2.36. The van der Waals surface area contributed by atoms with Gasteiger partial charge in [-0.2, -0.15) is 4.73 Å². The van der Waals surface area contributed by atoms with Crippen LogP contribution in [0.4, 0.5) is 0 Å². The van der Waals surface area contributed by atoms with Crippen LogP contribution >= 0.6 is 0 Å². The van der Waals surface area contributed by atoms with E-state index in [1.807, 2.05) is 42.5 Å². The van der Waals surface area contributed by atoms with Gasteiger partial charge >= 0.3 is 0 Å². The normalized spacial score (nSPS) is 12.0. The Labute approximate surface area is 197 Å². The number of rotatable bonds is 2. The topological polar surface area (TPSA) is 45.4 Å². The third-order valence-corrected chi connectivity index (χ3v) is 7.06. The Morgan fingerprint density at radius 1 is 0.559 bits per heavy atom. The molecule has 1 aliphatic rings. The molecule has 0 unspecified atom stereocenters. The lowest BCUT2D eigenvalue weighted by molar-refractivity contribution is 0.213. The third kappa shape index (κ3) is 2.72. The van der Waals surface area contributed by atoms with Crippen molar-refractivity contribution in [1.29, 1.82) is 0 Å². The van der Waals surface area contributed by atoms with Crippen molar-refractivity contribution in [3.8, 4) is 39.1 Å². The van der Waals surface area contributed by atoms with Crippen LogP contribution in [0.2, 0.25) is 0 Å². The Morgan fingerprint density at radius 3 is 2.24 bits per heavy atom. The van der Waals surface area contributed by atoms with E-state index >= 15 is 0 Å². The Bertz CT molecular complexity index is 1770. The number of aromatic nitrogens is 1. The molecule has 0 spiro atoms. The highest BCUT2D eigenvalue weighted by atomic mass is 16.5. The van der Waals surface area contributed by atoms with Crippen LogP contribution in [0.25, 0.3) is 55.2 Å². The van der Waals surface area contributed by atoms with Crippen molar-refractivity contribution >= 4 is 40.0 Å². The van der Waals surface area contributed by atoms with Crippen LogP contribution in [0.3, 0.4) is 0 Å². The SMILES string of the molecule is Oc1cc(-c2ccc3c(c2)c2ccccc2n3O)cc(-c2cccc3c2Bc2ccccc2-3)c1. The van der Waals surface area contributed by atoms with Crippen LogP contribution in [0.15, 0.2) is 103 Å². The highest BCUT2D eigenvalue weighted by Gasteiger charge is 2.22. The Hall–Kier alpha value is -4.44. The van der Waals surface area contributed by atoms with Gasteiger partial charge in [0, 0.05) is 10.8 Å². The van der Waals surface area contributed by atoms with E-state index in [1.54, 1.807) is 6.07 Å². The van der Waals surface area contributed by atoms with E-state index in [-0.39, 0.29) is 5.75 Å². The van der Waals surface area contributed by atoms with Crippen LogP contribution in [0.5, 0.6) is 5.75 Å². The summed E-state index contributed by atoms with van der Waals surface area (Å²) in [5.41, 5.74) is 10.9. The second-order valence-corrected chi connectivity index (χ2v) is 9.00. The quantitative estimate of drug-likeness (QED) is 0.280. The van der Waals surface area contributed by atoms with E-state index in [1.165, 1.54) is 26.8 Å². The summed E-state index contributed by atoms with van der Waals surface area (Å²) in [6.45, 7) is 0. The lowest BCUT2D eigenvalue weighted by Gasteiger charge is -2.12. The number of nitrogens with zero attached hydrogens (tertiary/aromatic N) is 1. The number of hydrogen-bond acceptors (Lipinski definition) is 2. The summed E-state index contributed by atoms with van der Waals surface area (Å²) in [4.78, 5) is 0. The number of phenolic OH excluding ortho intramolecular Hbond substituents is 1. The van der Waals surface area contributed by atoms with Crippen LogP contribution in [-0.4, -0.2) is 22.3 Å². The van der Waals surface area contributed by atoms with Gasteiger partial charge in [0.1, 0.15) is 5.75 Å². The average molecular weight is 437 g/mol. The van der Waals surface area contributed by atoms with E-state index in [0.717, 1.165) is 51.3 Å². The summed E-state index contributed by atoms with van der Waals surface area (Å²) in [6.07, 6.45) is 0. The molecule has 0 fully saturated rings. The van der Waals surface area contributed by atoms with Gasteiger partial charge in [-0.25, -0.2) is 0 Å². The number of benzene rings is 5. The maximum atomic E-state index is 10.7. The minimum Gasteiger partial charge on any atom is -0.508 e. The molecule has 34 heavy (non-hydrogen) atoms. The van der Waals surface area contributed by atoms with E-state index in [9.17, 15) is 10.3 Å². The van der Waals surface area contributed by atoms with Crippen molar-refractivity contribution in [3.63, 3.8) is 0 Å². The third-order valence-electron chi connectivity index (χ3n) is 7.06. The molecule has 0 saturated carbocycles. The molecule has 6 aromatic rings. The average Bonchev–Trinajstić information content (AvgIpc) is 3.39. The first-order valence-corrected chi connectivity index (χ1v) is 11.4. The Kier molecular flexibility index (Phi) is 3.94. The standard InChI is InChI=1S/C30H20BNO2/c33-21-15-19(18-12-13-29-26(17-18)24-7-2-4-11-28(24)32(29)34)14-20(16-21)22-8-5-9-25-23-6-1-3-10-27(23)31-30(22)25/h1-17,31,33-34H. The first kappa shape index (κ1) is 19.1. The van der Waals surface area contributed by atoms with Crippen molar-refractivity contribution in [1.82, 2.24) is 4.73 Å². The second kappa shape index (κ2) is 7.03. The largest absolute Gasteiger partial charge is 0.508 e. The first-order valence-electron chi connectivity index (χ1n) is 11.4. The van der Waals surface area contributed by atoms with E-state index in [0.29, 0.717) is 0 Å². The zero-order valence-corrected chi connectivity index (χ0v) is 18.4. The number of fused-ring (bicyclic) bond motifs is 6. The van der Waals surface area contributed by atoms with Crippen molar-refractivity contribution in [2.75, 3.05) is 0 Å². The Morgan fingerprint density at radius 2 is 1.29 bits per heavy atom. The maximum Gasteiger partial charge on any atom is 0.194 e. The molecular weight excluding hydrogens is 417 g/mol. The molecule has 0 saturated heterocycles. The molecule has 0 aliphatic carbocycles. The summed E-state index contributed by atoms with van der Waals surface area (Å²) in [5.74, 6) is 0.241. The molecule has 5 aromatic carbocycles. The molecule has 0 radical (unpaired) electrons. The lowest BCUT2D eigenvalue weighted by Crippen LogP contribution is -2.22. The van der Waals surface area contributed by atoms with Crippen LogP contribution < -0.4 is 10.9 Å². The van der Waals surface area contributed by atoms with Crippen molar-refractivity contribution in [2.24, 2.45) is 0 Å². The number of hydrogen-bond donors (Lipinski definition) is 2. The van der Waals surface area contributed by atoms with Crippen LogP contribution in [0, 0.1) is 0 Å². The predicted molar refractivity (Wildman–Crippen MR) is 141 cm³/mol. The van der Waals surface area contributed by atoms with E-state index < -0.39 is 0 Å². The molecule has 0 amide bonds. The molecule has 0 bridgehead atoms. The first-order chi connectivity index (χ1) is 16.7. The van der Waals surface area contributed by atoms with Crippen molar-refractivity contribution in [3.05, 3.63) is 103 Å². The van der Waals surface area contributed by atoms with Gasteiger partial charge in [0.15, 0.2) is 7.28 Å². The van der Waals surface area contributed by atoms with Gasteiger partial charge in [0.05, 0.1) is 11.0 Å². The van der Waals surface area contributed by atoms with Crippen molar-refractivity contribution < 1.29 is 10.3 Å². The molecule has 2 heterocycles. The smallest absolute Gasteiger partial charge is 0.194 e. The predicted octanol–water partition coefficient (Wildman–Crippen LogP) is 5.44. The van der Waals surface area contributed by atoms with Gasteiger partial charge in [0.25, 0.3) is 0 Å². The summed E-state index contributed by atoms with van der Waals surface area (Å²) >= 11 is 0. The van der Waals surface area contributed by atoms with Gasteiger partial charge in [0.2, 0.25) is 0 Å². The molecule has 1 aromatic heterocycles. The zero-order chi connectivity index (χ0) is 22.8. The van der Waals surface area contributed by atoms with Gasteiger partial charge in [-0.05, 0) is 69.8 Å². The molecule has 2 N–H and O–H groups in total. The molecule has 0 atom stereocenters.